The van der Waals surface area contributed by atoms with Gasteiger partial charge in [0.2, 0.25) is 0 Å². The molecule has 2 rings (SSSR count). The molecule has 98 valence electrons. The van der Waals surface area contributed by atoms with Gasteiger partial charge >= 0.3 is 0 Å². The average Bonchev–Trinajstić information content (AvgIpc) is 2.81. The highest BCUT2D eigenvalue weighted by molar-refractivity contribution is 7.98. The van der Waals surface area contributed by atoms with Crippen LogP contribution in [0.15, 0.2) is 28.7 Å². The third-order valence-corrected chi connectivity index (χ3v) is 3.48. The maximum atomic E-state index is 5.80. The zero-order valence-electron chi connectivity index (χ0n) is 10.9. The predicted octanol–water partition coefficient (Wildman–Crippen LogP) is 3.28. The van der Waals surface area contributed by atoms with Crippen LogP contribution in [0.5, 0.6) is 5.75 Å². The van der Waals surface area contributed by atoms with E-state index in [1.165, 1.54) is 12.2 Å². The number of fused-ring (bicyclic) bond motifs is 1. The summed E-state index contributed by atoms with van der Waals surface area (Å²) in [6, 6.07) is 8.01. The largest absolute Gasteiger partial charge is 0.493 e. The van der Waals surface area contributed by atoms with E-state index in [1.807, 2.05) is 30.0 Å². The minimum Gasteiger partial charge on any atom is -0.493 e. The molecule has 0 aliphatic carbocycles. The Bertz CT molecular complexity index is 495. The minimum atomic E-state index is 0.770. The summed E-state index contributed by atoms with van der Waals surface area (Å²) < 4.78 is 11.1. The molecule has 1 N–H and O–H groups in total. The first-order valence-corrected chi connectivity index (χ1v) is 7.49. The third kappa shape index (κ3) is 3.21. The Balaban J connectivity index is 1.97. The van der Waals surface area contributed by atoms with Crippen molar-refractivity contribution in [1.29, 1.82) is 0 Å². The fourth-order valence-electron chi connectivity index (χ4n) is 1.89. The van der Waals surface area contributed by atoms with Crippen LogP contribution in [0.1, 0.15) is 12.2 Å². The molecule has 0 saturated carbocycles. The van der Waals surface area contributed by atoms with E-state index >= 15 is 0 Å². The normalized spacial score (nSPS) is 11.0. The maximum Gasteiger partial charge on any atom is 0.176 e. The molecule has 1 heterocycles. The molecule has 1 aromatic carbocycles. The highest BCUT2D eigenvalue weighted by Crippen LogP contribution is 2.28. The first-order chi connectivity index (χ1) is 8.85. The van der Waals surface area contributed by atoms with Gasteiger partial charge in [0.05, 0.1) is 13.7 Å². The van der Waals surface area contributed by atoms with Crippen molar-refractivity contribution in [3.8, 4) is 5.75 Å². The second kappa shape index (κ2) is 6.71. The van der Waals surface area contributed by atoms with E-state index < -0.39 is 0 Å². The molecule has 3 nitrogen and oxygen atoms in total. The standard InChI is InChI=1S/C14H19NO2S/c1-16-13-6-3-5-11-9-12(17-14(11)13)10-15-7-4-8-18-2/h3,5-6,9,15H,4,7-8,10H2,1-2H3. The highest BCUT2D eigenvalue weighted by Gasteiger charge is 2.07. The van der Waals surface area contributed by atoms with Gasteiger partial charge in [0.25, 0.3) is 0 Å². The number of methoxy groups -OCH3 is 1. The van der Waals surface area contributed by atoms with Gasteiger partial charge in [0, 0.05) is 5.39 Å². The highest BCUT2D eigenvalue weighted by atomic mass is 32.2. The van der Waals surface area contributed by atoms with Crippen LogP contribution in [0.4, 0.5) is 0 Å². The van der Waals surface area contributed by atoms with Crippen molar-refractivity contribution >= 4 is 22.7 Å². The van der Waals surface area contributed by atoms with Gasteiger partial charge in [-0.05, 0) is 37.1 Å². The first kappa shape index (κ1) is 13.3. The second-order valence-electron chi connectivity index (χ2n) is 4.11. The molecular formula is C14H19NO2S. The van der Waals surface area contributed by atoms with Gasteiger partial charge in [0.15, 0.2) is 11.3 Å². The fraction of sp³-hybridized carbons (Fsp3) is 0.429. The summed E-state index contributed by atoms with van der Waals surface area (Å²) in [6.45, 7) is 1.79. The molecule has 0 spiro atoms. The SMILES string of the molecule is COc1cccc2cc(CNCCCSC)oc12. The van der Waals surface area contributed by atoms with E-state index in [0.29, 0.717) is 0 Å². The molecule has 0 unspecified atom stereocenters. The third-order valence-electron chi connectivity index (χ3n) is 2.78. The monoisotopic (exact) mass is 265 g/mol. The zero-order chi connectivity index (χ0) is 12.8. The van der Waals surface area contributed by atoms with E-state index in [4.69, 9.17) is 9.15 Å². The fourth-order valence-corrected chi connectivity index (χ4v) is 2.32. The van der Waals surface area contributed by atoms with Gasteiger partial charge in [-0.2, -0.15) is 11.8 Å². The van der Waals surface area contributed by atoms with E-state index in [9.17, 15) is 0 Å². The van der Waals surface area contributed by atoms with E-state index in [-0.39, 0.29) is 0 Å². The second-order valence-corrected chi connectivity index (χ2v) is 5.10. The Morgan fingerprint density at radius 2 is 2.28 bits per heavy atom. The minimum absolute atomic E-state index is 0.770. The van der Waals surface area contributed by atoms with Crippen LogP contribution >= 0.6 is 11.8 Å². The van der Waals surface area contributed by atoms with Gasteiger partial charge in [-0.15, -0.1) is 0 Å². The Morgan fingerprint density at radius 1 is 1.39 bits per heavy atom. The summed E-state index contributed by atoms with van der Waals surface area (Å²) in [7, 11) is 1.66. The average molecular weight is 265 g/mol. The number of hydrogen-bond donors (Lipinski definition) is 1. The topological polar surface area (TPSA) is 34.4 Å². The number of benzene rings is 1. The summed E-state index contributed by atoms with van der Waals surface area (Å²) in [5.74, 6) is 2.95. The molecule has 0 fully saturated rings. The van der Waals surface area contributed by atoms with Crippen molar-refractivity contribution in [1.82, 2.24) is 5.32 Å². The molecule has 0 aliphatic heterocycles. The van der Waals surface area contributed by atoms with Gasteiger partial charge < -0.3 is 14.5 Å². The van der Waals surface area contributed by atoms with Gasteiger partial charge in [-0.3, -0.25) is 0 Å². The lowest BCUT2D eigenvalue weighted by molar-refractivity contribution is 0.406. The van der Waals surface area contributed by atoms with Crippen LogP contribution in [0.3, 0.4) is 0 Å². The molecule has 0 radical (unpaired) electrons. The van der Waals surface area contributed by atoms with Gasteiger partial charge in [-0.1, -0.05) is 12.1 Å². The molecule has 1 aromatic heterocycles. The quantitative estimate of drug-likeness (QED) is 0.779. The van der Waals surface area contributed by atoms with Crippen molar-refractivity contribution < 1.29 is 9.15 Å². The Morgan fingerprint density at radius 3 is 3.06 bits per heavy atom. The van der Waals surface area contributed by atoms with Crippen molar-refractivity contribution in [3.05, 3.63) is 30.0 Å². The van der Waals surface area contributed by atoms with Crippen molar-refractivity contribution in [2.75, 3.05) is 25.7 Å². The Kier molecular flexibility index (Phi) is 4.96. The number of furan rings is 1. The Labute approximate surface area is 112 Å². The molecule has 18 heavy (non-hydrogen) atoms. The number of nitrogens with one attached hydrogen (secondary N) is 1. The summed E-state index contributed by atoms with van der Waals surface area (Å²) in [6.07, 6.45) is 3.32. The van der Waals surface area contributed by atoms with Crippen LogP contribution < -0.4 is 10.1 Å². The smallest absolute Gasteiger partial charge is 0.176 e. The summed E-state index contributed by atoms with van der Waals surface area (Å²) in [5.41, 5.74) is 0.834. The summed E-state index contributed by atoms with van der Waals surface area (Å²) >= 11 is 1.88. The zero-order valence-corrected chi connectivity index (χ0v) is 11.7. The molecule has 0 atom stereocenters. The Hall–Kier alpha value is -1.13. The summed E-state index contributed by atoms with van der Waals surface area (Å²) in [4.78, 5) is 0. The summed E-state index contributed by atoms with van der Waals surface area (Å²) in [5, 5.41) is 4.48. The number of ether oxygens (including phenoxy) is 1. The van der Waals surface area contributed by atoms with Crippen molar-refractivity contribution in [2.45, 2.75) is 13.0 Å². The molecule has 0 aliphatic rings. The molecular weight excluding hydrogens is 246 g/mol. The number of thioether (sulfide) groups is 1. The van der Waals surface area contributed by atoms with Crippen LogP contribution in [0.25, 0.3) is 11.0 Å². The number of rotatable bonds is 7. The first-order valence-electron chi connectivity index (χ1n) is 6.10. The van der Waals surface area contributed by atoms with Crippen LogP contribution in [-0.2, 0) is 6.54 Å². The molecule has 0 saturated heterocycles. The number of hydrogen-bond acceptors (Lipinski definition) is 4. The van der Waals surface area contributed by atoms with E-state index in [2.05, 4.69) is 17.6 Å². The van der Waals surface area contributed by atoms with Gasteiger partial charge in [-0.25, -0.2) is 0 Å². The molecule has 0 amide bonds. The molecule has 4 heteroatoms. The van der Waals surface area contributed by atoms with Crippen LogP contribution in [-0.4, -0.2) is 25.7 Å². The van der Waals surface area contributed by atoms with Crippen molar-refractivity contribution in [3.63, 3.8) is 0 Å². The van der Waals surface area contributed by atoms with Gasteiger partial charge in [0.1, 0.15) is 5.76 Å². The lowest BCUT2D eigenvalue weighted by Crippen LogP contribution is -2.14. The predicted molar refractivity (Wildman–Crippen MR) is 77.5 cm³/mol. The molecule has 0 bridgehead atoms. The van der Waals surface area contributed by atoms with E-state index in [1.54, 1.807) is 7.11 Å². The lowest BCUT2D eigenvalue weighted by Gasteiger charge is -2.01. The van der Waals surface area contributed by atoms with Crippen LogP contribution in [0.2, 0.25) is 0 Å². The maximum absolute atomic E-state index is 5.80. The van der Waals surface area contributed by atoms with Crippen molar-refractivity contribution in [2.24, 2.45) is 0 Å². The molecule has 2 aromatic rings. The van der Waals surface area contributed by atoms with Crippen LogP contribution in [0, 0.1) is 0 Å². The number of para-hydroxylation sites is 1. The lowest BCUT2D eigenvalue weighted by atomic mass is 10.2. The van der Waals surface area contributed by atoms with E-state index in [0.717, 1.165) is 35.6 Å².